The van der Waals surface area contributed by atoms with E-state index in [1.807, 2.05) is 24.3 Å². The van der Waals surface area contributed by atoms with Crippen molar-refractivity contribution in [2.45, 2.75) is 18.7 Å². The molecule has 1 fully saturated rings. The highest BCUT2D eigenvalue weighted by Crippen LogP contribution is 2.30. The van der Waals surface area contributed by atoms with Crippen LogP contribution in [0.1, 0.15) is 22.8 Å². The van der Waals surface area contributed by atoms with Crippen LogP contribution in [0.4, 0.5) is 5.13 Å². The summed E-state index contributed by atoms with van der Waals surface area (Å²) in [6.45, 7) is 9.71. The summed E-state index contributed by atoms with van der Waals surface area (Å²) in [5.41, 5.74) is 3.15. The number of rotatable bonds is 7. The van der Waals surface area contributed by atoms with Gasteiger partial charge in [-0.05, 0) is 42.5 Å². The summed E-state index contributed by atoms with van der Waals surface area (Å²) in [6.07, 6.45) is 0. The summed E-state index contributed by atoms with van der Waals surface area (Å²) >= 11 is 3.49. The van der Waals surface area contributed by atoms with Crippen LogP contribution in [0, 0.1) is 6.92 Å². The molecule has 4 rings (SSSR count). The lowest BCUT2D eigenvalue weighted by Gasteiger charge is -2.34. The number of anilines is 1. The smallest absolute Gasteiger partial charge is 0.252 e. The van der Waals surface area contributed by atoms with Gasteiger partial charge in [-0.15, -0.1) is 11.8 Å². The van der Waals surface area contributed by atoms with Crippen LogP contribution < -0.4 is 10.2 Å². The molecule has 7 heteroatoms. The molecule has 1 N–H and O–H groups in total. The second-order valence-corrected chi connectivity index (χ2v) is 9.80. The number of fused-ring (bicyclic) bond motifs is 1. The molecule has 30 heavy (non-hydrogen) atoms. The molecule has 0 atom stereocenters. The van der Waals surface area contributed by atoms with E-state index in [1.165, 1.54) is 10.3 Å². The van der Waals surface area contributed by atoms with Gasteiger partial charge in [0.25, 0.3) is 5.91 Å². The quantitative estimate of drug-likeness (QED) is 0.556. The highest BCUT2D eigenvalue weighted by molar-refractivity contribution is 7.99. The Kier molecular flexibility index (Phi) is 6.92. The predicted molar refractivity (Wildman–Crippen MR) is 128 cm³/mol. The Morgan fingerprint density at radius 2 is 1.97 bits per heavy atom. The van der Waals surface area contributed by atoms with E-state index in [2.05, 4.69) is 47.2 Å². The van der Waals surface area contributed by atoms with E-state index in [-0.39, 0.29) is 5.91 Å². The third-order valence-electron chi connectivity index (χ3n) is 5.32. The molecule has 1 saturated heterocycles. The van der Waals surface area contributed by atoms with Crippen molar-refractivity contribution in [3.63, 3.8) is 0 Å². The van der Waals surface area contributed by atoms with Gasteiger partial charge in [0.15, 0.2) is 5.13 Å². The number of hydrogen-bond acceptors (Lipinski definition) is 6. The Morgan fingerprint density at radius 1 is 1.17 bits per heavy atom. The van der Waals surface area contributed by atoms with Gasteiger partial charge in [-0.3, -0.25) is 9.69 Å². The zero-order valence-electron chi connectivity index (χ0n) is 17.6. The molecule has 0 radical (unpaired) electrons. The molecule has 1 aliphatic rings. The highest BCUT2D eigenvalue weighted by atomic mass is 32.2. The number of piperazine rings is 1. The molecule has 2 heterocycles. The lowest BCUT2D eigenvalue weighted by Crippen LogP contribution is -2.48. The number of thioether (sulfide) groups is 1. The average molecular weight is 441 g/mol. The van der Waals surface area contributed by atoms with Gasteiger partial charge in [0, 0.05) is 44.2 Å². The van der Waals surface area contributed by atoms with Crippen LogP contribution in [0.25, 0.3) is 10.2 Å². The molecular formula is C23H28N4OS2. The van der Waals surface area contributed by atoms with Gasteiger partial charge in [0.2, 0.25) is 0 Å². The second-order valence-electron chi connectivity index (χ2n) is 7.48. The van der Waals surface area contributed by atoms with Crippen molar-refractivity contribution in [3.8, 4) is 0 Å². The van der Waals surface area contributed by atoms with Crippen LogP contribution in [0.2, 0.25) is 0 Å². The van der Waals surface area contributed by atoms with Gasteiger partial charge >= 0.3 is 0 Å². The van der Waals surface area contributed by atoms with Crippen molar-refractivity contribution in [2.24, 2.45) is 0 Å². The van der Waals surface area contributed by atoms with Crippen molar-refractivity contribution in [3.05, 3.63) is 53.6 Å². The lowest BCUT2D eigenvalue weighted by molar-refractivity contribution is 0.0945. The molecule has 0 aliphatic carbocycles. The summed E-state index contributed by atoms with van der Waals surface area (Å²) in [4.78, 5) is 23.2. The van der Waals surface area contributed by atoms with E-state index in [1.54, 1.807) is 23.1 Å². The van der Waals surface area contributed by atoms with E-state index >= 15 is 0 Å². The van der Waals surface area contributed by atoms with Gasteiger partial charge in [-0.2, -0.15) is 0 Å². The Bertz CT molecular complexity index is 1010. The molecular weight excluding hydrogens is 412 g/mol. The van der Waals surface area contributed by atoms with Crippen LogP contribution in [-0.2, 0) is 0 Å². The molecule has 1 aromatic heterocycles. The van der Waals surface area contributed by atoms with Gasteiger partial charge in [-0.1, -0.05) is 36.5 Å². The number of nitrogens with one attached hydrogen (secondary N) is 1. The number of amides is 1. The molecule has 0 unspecified atom stereocenters. The van der Waals surface area contributed by atoms with Crippen LogP contribution in [-0.4, -0.2) is 60.8 Å². The first-order chi connectivity index (χ1) is 14.6. The van der Waals surface area contributed by atoms with E-state index in [0.717, 1.165) is 59.6 Å². The third kappa shape index (κ3) is 4.96. The van der Waals surface area contributed by atoms with E-state index in [0.29, 0.717) is 6.54 Å². The number of aromatic nitrogens is 1. The van der Waals surface area contributed by atoms with Gasteiger partial charge < -0.3 is 10.2 Å². The monoisotopic (exact) mass is 440 g/mol. The van der Waals surface area contributed by atoms with Crippen molar-refractivity contribution < 1.29 is 4.79 Å². The van der Waals surface area contributed by atoms with Gasteiger partial charge in [0.1, 0.15) is 0 Å². The van der Waals surface area contributed by atoms with Crippen molar-refractivity contribution >= 4 is 44.4 Å². The summed E-state index contributed by atoms with van der Waals surface area (Å²) in [5, 5.41) is 4.21. The molecule has 0 spiro atoms. The minimum Gasteiger partial charge on any atom is -0.351 e. The molecule has 158 valence electrons. The van der Waals surface area contributed by atoms with E-state index < -0.39 is 0 Å². The molecule has 3 aromatic rings. The van der Waals surface area contributed by atoms with E-state index in [4.69, 9.17) is 4.98 Å². The summed E-state index contributed by atoms with van der Waals surface area (Å²) in [6, 6.07) is 14.3. The predicted octanol–water partition coefficient (Wildman–Crippen LogP) is 4.27. The number of nitrogens with zero attached hydrogens (tertiary/aromatic N) is 3. The van der Waals surface area contributed by atoms with Gasteiger partial charge in [0.05, 0.1) is 15.8 Å². The Morgan fingerprint density at radius 3 is 2.77 bits per heavy atom. The maximum Gasteiger partial charge on any atom is 0.252 e. The fraction of sp³-hybridized carbons (Fsp3) is 0.391. The molecule has 0 saturated carbocycles. The van der Waals surface area contributed by atoms with Crippen molar-refractivity contribution in [1.29, 1.82) is 0 Å². The zero-order chi connectivity index (χ0) is 20.9. The molecule has 0 bridgehead atoms. The lowest BCUT2D eigenvalue weighted by atomic mass is 10.2. The zero-order valence-corrected chi connectivity index (χ0v) is 19.2. The maximum absolute atomic E-state index is 12.6. The Labute approximate surface area is 186 Å². The average Bonchev–Trinajstić information content (AvgIpc) is 3.18. The topological polar surface area (TPSA) is 48.5 Å². The molecule has 1 amide bonds. The number of benzene rings is 2. The van der Waals surface area contributed by atoms with Crippen LogP contribution in [0.3, 0.4) is 0 Å². The normalized spacial score (nSPS) is 14.9. The fourth-order valence-electron chi connectivity index (χ4n) is 3.68. The third-order valence-corrected chi connectivity index (χ3v) is 7.36. The molecule has 5 nitrogen and oxygen atoms in total. The number of carbonyl (C=O) groups excluding carboxylic acids is 1. The summed E-state index contributed by atoms with van der Waals surface area (Å²) < 4.78 is 1.26. The SMILES string of the molecule is CCSc1ccccc1C(=O)NCCN1CCN(c2nc3ccc(C)cc3s2)CC1. The van der Waals surface area contributed by atoms with Gasteiger partial charge in [-0.25, -0.2) is 4.98 Å². The van der Waals surface area contributed by atoms with Crippen LogP contribution in [0.15, 0.2) is 47.4 Å². The number of thiazole rings is 1. The first-order valence-corrected chi connectivity index (χ1v) is 12.3. The molecule has 1 aliphatic heterocycles. The first kappa shape index (κ1) is 21.2. The Balaban J connectivity index is 1.25. The fourth-order valence-corrected chi connectivity index (χ4v) is 5.59. The highest BCUT2D eigenvalue weighted by Gasteiger charge is 2.20. The Hall–Kier alpha value is -2.09. The largest absolute Gasteiger partial charge is 0.351 e. The standard InChI is InChI=1S/C23H28N4OS2/c1-3-29-20-7-5-4-6-18(20)22(28)24-10-11-26-12-14-27(15-13-26)23-25-19-9-8-17(2)16-21(19)30-23/h4-9,16H,3,10-15H2,1-2H3,(H,24,28). The minimum absolute atomic E-state index is 0.0231. The van der Waals surface area contributed by atoms with Crippen molar-refractivity contribution in [1.82, 2.24) is 15.2 Å². The first-order valence-electron chi connectivity index (χ1n) is 10.5. The number of aryl methyl sites for hydroxylation is 1. The second kappa shape index (κ2) is 9.81. The maximum atomic E-state index is 12.6. The number of hydrogen-bond donors (Lipinski definition) is 1. The van der Waals surface area contributed by atoms with Crippen molar-refractivity contribution in [2.75, 3.05) is 49.9 Å². The van der Waals surface area contributed by atoms with Crippen LogP contribution in [0.5, 0.6) is 0 Å². The van der Waals surface area contributed by atoms with Crippen LogP contribution >= 0.6 is 23.1 Å². The molecule has 2 aromatic carbocycles. The summed E-state index contributed by atoms with van der Waals surface area (Å²) in [7, 11) is 0. The minimum atomic E-state index is 0.0231. The van der Waals surface area contributed by atoms with E-state index in [9.17, 15) is 4.79 Å². The number of carbonyl (C=O) groups is 1. The summed E-state index contributed by atoms with van der Waals surface area (Å²) in [5.74, 6) is 0.984.